The first-order valence-electron chi connectivity index (χ1n) is 11.2. The normalized spacial score (nSPS) is 11.7. The Balaban J connectivity index is 1.39. The third kappa shape index (κ3) is 4.89. The molecule has 1 amide bonds. The maximum Gasteiger partial charge on any atom is 0.266 e. The molecule has 5 rings (SSSR count). The van der Waals surface area contributed by atoms with E-state index in [9.17, 15) is 9.59 Å². The second kappa shape index (κ2) is 10.4. The topological polar surface area (TPSA) is 76.3 Å². The van der Waals surface area contributed by atoms with Crippen LogP contribution in [0.1, 0.15) is 12.5 Å². The zero-order chi connectivity index (χ0) is 25.1. The number of benzene rings is 4. The summed E-state index contributed by atoms with van der Waals surface area (Å²) in [5.41, 5.74) is 5.26. The van der Waals surface area contributed by atoms with E-state index in [-0.39, 0.29) is 17.2 Å². The summed E-state index contributed by atoms with van der Waals surface area (Å²) in [5, 5.41) is 7.96. The summed E-state index contributed by atoms with van der Waals surface area (Å²) in [6.45, 7) is 1.86. The maximum atomic E-state index is 13.3. The summed E-state index contributed by atoms with van der Waals surface area (Å²) >= 11 is 7.21. The van der Waals surface area contributed by atoms with Crippen molar-refractivity contribution in [2.75, 3.05) is 5.75 Å². The first-order chi connectivity index (χ1) is 17.5. The molecular formula is C28H21ClN4O2S. The number of carbonyl (C=O) groups excluding carboxylic acids is 1. The highest BCUT2D eigenvalue weighted by atomic mass is 35.5. The molecule has 0 bridgehead atoms. The number of hydrazone groups is 1. The first-order valence-corrected chi connectivity index (χ1v) is 12.6. The Morgan fingerprint density at radius 1 is 0.944 bits per heavy atom. The molecule has 1 heterocycles. The van der Waals surface area contributed by atoms with Crippen molar-refractivity contribution in [2.24, 2.45) is 5.10 Å². The van der Waals surface area contributed by atoms with Gasteiger partial charge in [-0.1, -0.05) is 78.0 Å². The number of carbonyl (C=O) groups is 1. The van der Waals surface area contributed by atoms with Gasteiger partial charge in [0.2, 0.25) is 0 Å². The molecule has 6 nitrogen and oxygen atoms in total. The lowest BCUT2D eigenvalue weighted by atomic mass is 10.0. The van der Waals surface area contributed by atoms with Gasteiger partial charge in [-0.05, 0) is 54.1 Å². The number of halogens is 1. The van der Waals surface area contributed by atoms with Crippen LogP contribution in [0.5, 0.6) is 0 Å². The van der Waals surface area contributed by atoms with Crippen LogP contribution in [0.2, 0.25) is 5.02 Å². The van der Waals surface area contributed by atoms with E-state index in [0.717, 1.165) is 16.3 Å². The molecule has 1 aromatic heterocycles. The standard InChI is InChI=1S/C28H21ClN4O2S/c1-18(22-11-6-8-19-7-2-3-9-23(19)22)31-32-26(34)17-36-28-30-25-12-5-4-10-24(25)27(35)33(28)21-15-13-20(29)14-16-21/h2-16H,17H2,1H3,(H,32,34)/b31-18-. The molecule has 4 aromatic carbocycles. The Bertz CT molecular complexity index is 1670. The van der Waals surface area contributed by atoms with Gasteiger partial charge >= 0.3 is 0 Å². The number of hydrogen-bond acceptors (Lipinski definition) is 5. The summed E-state index contributed by atoms with van der Waals surface area (Å²) in [6.07, 6.45) is 0. The Morgan fingerprint density at radius 3 is 2.44 bits per heavy atom. The fraction of sp³-hybridized carbons (Fsp3) is 0.0714. The highest BCUT2D eigenvalue weighted by molar-refractivity contribution is 7.99. The van der Waals surface area contributed by atoms with Crippen molar-refractivity contribution in [3.8, 4) is 5.69 Å². The molecule has 0 aliphatic rings. The van der Waals surface area contributed by atoms with Gasteiger partial charge < -0.3 is 0 Å². The molecular weight excluding hydrogens is 492 g/mol. The van der Waals surface area contributed by atoms with Crippen LogP contribution in [0, 0.1) is 0 Å². The van der Waals surface area contributed by atoms with Crippen LogP contribution in [0.4, 0.5) is 0 Å². The molecule has 0 atom stereocenters. The summed E-state index contributed by atoms with van der Waals surface area (Å²) in [6, 6.07) is 28.1. The van der Waals surface area contributed by atoms with Gasteiger partial charge in [0.1, 0.15) is 0 Å². The summed E-state index contributed by atoms with van der Waals surface area (Å²) in [7, 11) is 0. The van der Waals surface area contributed by atoms with Crippen LogP contribution in [-0.4, -0.2) is 26.9 Å². The van der Waals surface area contributed by atoms with Crippen LogP contribution in [0.25, 0.3) is 27.4 Å². The molecule has 8 heteroatoms. The average molecular weight is 513 g/mol. The van der Waals surface area contributed by atoms with Crippen molar-refractivity contribution in [1.82, 2.24) is 15.0 Å². The SMILES string of the molecule is C/C(=N/NC(=O)CSc1nc2ccccc2c(=O)n1-c1ccc(Cl)cc1)c1cccc2ccccc12. The number of fused-ring (bicyclic) bond motifs is 2. The van der Waals surface area contributed by atoms with Crippen LogP contribution in [0.3, 0.4) is 0 Å². The van der Waals surface area contributed by atoms with E-state index in [2.05, 4.69) is 15.5 Å². The summed E-state index contributed by atoms with van der Waals surface area (Å²) < 4.78 is 1.50. The number of hydrogen-bond donors (Lipinski definition) is 1. The lowest BCUT2D eigenvalue weighted by Crippen LogP contribution is -2.24. The number of nitrogens with zero attached hydrogens (tertiary/aromatic N) is 3. The average Bonchev–Trinajstić information content (AvgIpc) is 2.91. The number of rotatable bonds is 6. The van der Waals surface area contributed by atoms with Gasteiger partial charge in [0.15, 0.2) is 5.16 Å². The Hall–Kier alpha value is -3.94. The van der Waals surface area contributed by atoms with Crippen molar-refractivity contribution in [3.05, 3.63) is 112 Å². The number of aromatic nitrogens is 2. The fourth-order valence-electron chi connectivity index (χ4n) is 3.94. The molecule has 0 radical (unpaired) electrons. The molecule has 0 saturated heterocycles. The molecule has 178 valence electrons. The lowest BCUT2D eigenvalue weighted by Gasteiger charge is -2.13. The van der Waals surface area contributed by atoms with Crippen molar-refractivity contribution in [2.45, 2.75) is 12.1 Å². The molecule has 0 unspecified atom stereocenters. The van der Waals surface area contributed by atoms with Crippen LogP contribution < -0.4 is 11.0 Å². The summed E-state index contributed by atoms with van der Waals surface area (Å²) in [4.78, 5) is 30.7. The largest absolute Gasteiger partial charge is 0.272 e. The van der Waals surface area contributed by atoms with E-state index in [1.807, 2.05) is 55.5 Å². The van der Waals surface area contributed by atoms with Gasteiger partial charge in [0.25, 0.3) is 11.5 Å². The minimum atomic E-state index is -0.301. The van der Waals surface area contributed by atoms with Gasteiger partial charge in [-0.2, -0.15) is 5.10 Å². The molecule has 0 fully saturated rings. The monoisotopic (exact) mass is 512 g/mol. The molecule has 36 heavy (non-hydrogen) atoms. The van der Waals surface area contributed by atoms with Crippen molar-refractivity contribution < 1.29 is 4.79 Å². The minimum absolute atomic E-state index is 0.0324. The second-order valence-electron chi connectivity index (χ2n) is 8.08. The highest BCUT2D eigenvalue weighted by Crippen LogP contribution is 2.23. The number of thioether (sulfide) groups is 1. The fourth-order valence-corrected chi connectivity index (χ4v) is 4.87. The number of nitrogens with one attached hydrogen (secondary N) is 1. The first kappa shape index (κ1) is 23.8. The zero-order valence-electron chi connectivity index (χ0n) is 19.3. The van der Waals surface area contributed by atoms with Crippen LogP contribution >= 0.6 is 23.4 Å². The Morgan fingerprint density at radius 2 is 1.64 bits per heavy atom. The van der Waals surface area contributed by atoms with Crippen molar-refractivity contribution in [1.29, 1.82) is 0 Å². The van der Waals surface area contributed by atoms with E-state index in [0.29, 0.717) is 32.5 Å². The lowest BCUT2D eigenvalue weighted by molar-refractivity contribution is -0.118. The third-order valence-electron chi connectivity index (χ3n) is 5.69. The van der Waals surface area contributed by atoms with Crippen LogP contribution in [-0.2, 0) is 4.79 Å². The van der Waals surface area contributed by atoms with Gasteiger partial charge in [-0.25, -0.2) is 10.4 Å². The molecule has 0 spiro atoms. The van der Waals surface area contributed by atoms with Gasteiger partial charge in [0.05, 0.1) is 28.1 Å². The van der Waals surface area contributed by atoms with Gasteiger partial charge in [-0.3, -0.25) is 14.2 Å². The van der Waals surface area contributed by atoms with Crippen LogP contribution in [0.15, 0.2) is 106 Å². The second-order valence-corrected chi connectivity index (χ2v) is 9.46. The molecule has 0 saturated carbocycles. The molecule has 1 N–H and O–H groups in total. The van der Waals surface area contributed by atoms with E-state index in [1.54, 1.807) is 42.5 Å². The highest BCUT2D eigenvalue weighted by Gasteiger charge is 2.15. The summed E-state index contributed by atoms with van der Waals surface area (Å²) in [5.74, 6) is -0.269. The molecule has 0 aliphatic carbocycles. The van der Waals surface area contributed by atoms with E-state index < -0.39 is 0 Å². The molecule has 5 aromatic rings. The molecule has 0 aliphatic heterocycles. The van der Waals surface area contributed by atoms with E-state index >= 15 is 0 Å². The smallest absolute Gasteiger partial charge is 0.266 e. The predicted octanol–water partition coefficient (Wildman–Crippen LogP) is 5.82. The van der Waals surface area contributed by atoms with Gasteiger partial charge in [0, 0.05) is 10.6 Å². The Kier molecular flexibility index (Phi) is 6.84. The Labute approximate surface area is 216 Å². The van der Waals surface area contributed by atoms with E-state index in [1.165, 1.54) is 16.3 Å². The third-order valence-corrected chi connectivity index (χ3v) is 6.88. The van der Waals surface area contributed by atoms with Crippen molar-refractivity contribution >= 4 is 56.7 Å². The maximum absolute atomic E-state index is 13.3. The van der Waals surface area contributed by atoms with Crippen molar-refractivity contribution in [3.63, 3.8) is 0 Å². The predicted molar refractivity (Wildman–Crippen MR) is 147 cm³/mol. The number of para-hydroxylation sites is 1. The van der Waals surface area contributed by atoms with E-state index in [4.69, 9.17) is 11.6 Å². The number of amides is 1. The zero-order valence-corrected chi connectivity index (χ0v) is 20.9. The van der Waals surface area contributed by atoms with Gasteiger partial charge in [-0.15, -0.1) is 0 Å². The quantitative estimate of drug-likeness (QED) is 0.134. The minimum Gasteiger partial charge on any atom is -0.272 e.